The minimum atomic E-state index is -4.95. The van der Waals surface area contributed by atoms with E-state index in [-0.39, 0.29) is 17.2 Å². The molecule has 2 unspecified atom stereocenters. The molecule has 10 heteroatoms. The van der Waals surface area contributed by atoms with E-state index in [1.165, 1.54) is 0 Å². The lowest BCUT2D eigenvalue weighted by Crippen LogP contribution is -2.41. The molecule has 0 spiro atoms. The Morgan fingerprint density at radius 1 is 0.730 bits per heavy atom. The summed E-state index contributed by atoms with van der Waals surface area (Å²) in [5, 5.41) is 5.67. The normalized spacial score (nSPS) is 16.3. The van der Waals surface area contributed by atoms with Crippen LogP contribution in [0, 0.1) is 0 Å². The van der Waals surface area contributed by atoms with Crippen LogP contribution in [0.5, 0.6) is 0 Å². The summed E-state index contributed by atoms with van der Waals surface area (Å²) in [5.41, 5.74) is -1.32. The zero-order valence-corrected chi connectivity index (χ0v) is 20.4. The fraction of sp³-hybridized carbons (Fsp3) is 0.296. The molecule has 1 aliphatic heterocycles. The molecule has 3 aromatic rings. The average molecular weight is 538 g/mol. The molecule has 0 amide bonds. The quantitative estimate of drug-likeness (QED) is 0.250. The molecule has 37 heavy (non-hydrogen) atoms. The summed E-state index contributed by atoms with van der Waals surface area (Å²) in [6.07, 6.45) is -7.85. The number of hydrogen-bond acceptors (Lipinski definition) is 2. The van der Waals surface area contributed by atoms with Gasteiger partial charge in [-0.1, -0.05) is 60.7 Å². The molecular weight excluding hydrogens is 512 g/mol. The van der Waals surface area contributed by atoms with Crippen molar-refractivity contribution in [3.05, 3.63) is 101 Å². The van der Waals surface area contributed by atoms with Gasteiger partial charge in [-0.25, -0.2) is 0 Å². The Labute approximate surface area is 216 Å². The Hall–Kier alpha value is -3.11. The number of likely N-dealkylation sites (tertiary alicyclic amines) is 1. The van der Waals surface area contributed by atoms with Crippen molar-refractivity contribution < 1.29 is 26.3 Å². The van der Waals surface area contributed by atoms with Crippen LogP contribution in [0.4, 0.5) is 32.0 Å². The predicted octanol–water partition coefficient (Wildman–Crippen LogP) is 7.59. The fourth-order valence-electron chi connectivity index (χ4n) is 4.62. The molecule has 1 aliphatic rings. The molecule has 3 nitrogen and oxygen atoms in total. The Morgan fingerprint density at radius 2 is 1.22 bits per heavy atom. The zero-order valence-electron chi connectivity index (χ0n) is 19.6. The summed E-state index contributed by atoms with van der Waals surface area (Å²) in [6, 6.07) is 19.9. The van der Waals surface area contributed by atoms with Gasteiger partial charge in [0, 0.05) is 5.69 Å². The molecule has 2 N–H and O–H groups in total. The SMILES string of the molecule is FC(F)(F)c1cc(NC(=S)NC(c2ccccc2)C(c2ccccc2)N2CCCC2)cc(C(F)(F)F)c1. The predicted molar refractivity (Wildman–Crippen MR) is 135 cm³/mol. The molecule has 0 radical (unpaired) electrons. The summed E-state index contributed by atoms with van der Waals surface area (Å²) in [6.45, 7) is 1.71. The highest BCUT2D eigenvalue weighted by Crippen LogP contribution is 2.39. The van der Waals surface area contributed by atoms with Crippen LogP contribution < -0.4 is 10.6 Å². The van der Waals surface area contributed by atoms with E-state index in [1.807, 2.05) is 60.7 Å². The average Bonchev–Trinajstić information content (AvgIpc) is 3.38. The second kappa shape index (κ2) is 11.1. The molecule has 0 bridgehead atoms. The number of rotatable bonds is 6. The molecule has 0 aliphatic carbocycles. The van der Waals surface area contributed by atoms with Crippen molar-refractivity contribution >= 4 is 23.0 Å². The fourth-order valence-corrected chi connectivity index (χ4v) is 4.87. The van der Waals surface area contributed by atoms with Crippen LogP contribution >= 0.6 is 12.2 Å². The Morgan fingerprint density at radius 3 is 1.70 bits per heavy atom. The minimum absolute atomic E-state index is 0.0820. The lowest BCUT2D eigenvalue weighted by atomic mass is 9.92. The maximum atomic E-state index is 13.3. The standard InChI is InChI=1S/C27H25F6N3S/c28-26(29,30)20-15-21(27(31,32)33)17-22(16-20)34-25(37)35-23(18-9-3-1-4-10-18)24(36-13-7-8-14-36)19-11-5-2-6-12-19/h1-6,9-12,15-17,23-24H,7-8,13-14H2,(H2,34,35,37). The summed E-state index contributed by atoms with van der Waals surface area (Å²) >= 11 is 5.43. The molecule has 0 saturated carbocycles. The van der Waals surface area contributed by atoms with Gasteiger partial charge in [-0.05, 0) is 67.5 Å². The van der Waals surface area contributed by atoms with E-state index in [1.54, 1.807) is 0 Å². The van der Waals surface area contributed by atoms with Gasteiger partial charge in [0.15, 0.2) is 5.11 Å². The van der Waals surface area contributed by atoms with Gasteiger partial charge in [-0.3, -0.25) is 4.90 Å². The molecule has 2 atom stereocenters. The van der Waals surface area contributed by atoms with Crippen molar-refractivity contribution in [2.75, 3.05) is 18.4 Å². The van der Waals surface area contributed by atoms with Crippen LogP contribution in [-0.4, -0.2) is 23.1 Å². The summed E-state index contributed by atoms with van der Waals surface area (Å²) in [5.74, 6) is 0. The third kappa shape index (κ3) is 6.81. The number of anilines is 1. The molecular formula is C27H25F6N3S. The lowest BCUT2D eigenvalue weighted by Gasteiger charge is -2.36. The van der Waals surface area contributed by atoms with Crippen molar-refractivity contribution in [2.45, 2.75) is 37.3 Å². The van der Waals surface area contributed by atoms with E-state index in [4.69, 9.17) is 12.2 Å². The van der Waals surface area contributed by atoms with Crippen LogP contribution in [0.2, 0.25) is 0 Å². The highest BCUT2D eigenvalue weighted by molar-refractivity contribution is 7.80. The van der Waals surface area contributed by atoms with Gasteiger partial charge in [-0.15, -0.1) is 0 Å². The second-order valence-corrected chi connectivity index (χ2v) is 9.29. The van der Waals surface area contributed by atoms with Crippen molar-refractivity contribution in [1.82, 2.24) is 10.2 Å². The third-order valence-corrected chi connectivity index (χ3v) is 6.50. The zero-order chi connectivity index (χ0) is 26.6. The number of nitrogens with one attached hydrogen (secondary N) is 2. The topological polar surface area (TPSA) is 27.3 Å². The highest BCUT2D eigenvalue weighted by atomic mass is 32.1. The van der Waals surface area contributed by atoms with Gasteiger partial charge in [0.25, 0.3) is 0 Å². The van der Waals surface area contributed by atoms with Gasteiger partial charge < -0.3 is 10.6 Å². The maximum Gasteiger partial charge on any atom is 0.416 e. The van der Waals surface area contributed by atoms with E-state index in [0.717, 1.165) is 37.1 Å². The first-order valence-corrected chi connectivity index (χ1v) is 12.1. The Kier molecular flexibility index (Phi) is 8.08. The van der Waals surface area contributed by atoms with Crippen molar-refractivity contribution in [2.24, 2.45) is 0 Å². The highest BCUT2D eigenvalue weighted by Gasteiger charge is 2.37. The molecule has 1 saturated heterocycles. The molecule has 4 rings (SSSR count). The van der Waals surface area contributed by atoms with Crippen molar-refractivity contribution in [1.29, 1.82) is 0 Å². The first-order valence-electron chi connectivity index (χ1n) is 11.7. The minimum Gasteiger partial charge on any atom is -0.354 e. The number of thiocarbonyl (C=S) groups is 1. The summed E-state index contributed by atoms with van der Waals surface area (Å²) < 4.78 is 79.9. The van der Waals surface area contributed by atoms with E-state index in [2.05, 4.69) is 15.5 Å². The first-order chi connectivity index (χ1) is 17.5. The Balaban J connectivity index is 1.67. The molecule has 3 aromatic carbocycles. The number of alkyl halides is 6. The molecule has 0 aromatic heterocycles. The number of benzene rings is 3. The van der Waals surface area contributed by atoms with E-state index in [0.29, 0.717) is 12.1 Å². The van der Waals surface area contributed by atoms with E-state index < -0.39 is 35.2 Å². The molecule has 196 valence electrons. The van der Waals surface area contributed by atoms with Crippen molar-refractivity contribution in [3.8, 4) is 0 Å². The van der Waals surface area contributed by atoms with Crippen LogP contribution in [0.1, 0.15) is 47.2 Å². The largest absolute Gasteiger partial charge is 0.416 e. The maximum absolute atomic E-state index is 13.3. The van der Waals surface area contributed by atoms with E-state index in [9.17, 15) is 26.3 Å². The smallest absolute Gasteiger partial charge is 0.354 e. The summed E-state index contributed by atoms with van der Waals surface area (Å²) in [4.78, 5) is 2.31. The van der Waals surface area contributed by atoms with Gasteiger partial charge >= 0.3 is 12.4 Å². The van der Waals surface area contributed by atoms with Gasteiger partial charge in [0.05, 0.1) is 23.2 Å². The summed E-state index contributed by atoms with van der Waals surface area (Å²) in [7, 11) is 0. The third-order valence-electron chi connectivity index (χ3n) is 6.28. The van der Waals surface area contributed by atoms with Gasteiger partial charge in [0.2, 0.25) is 0 Å². The Bertz CT molecular complexity index is 1160. The van der Waals surface area contributed by atoms with Crippen LogP contribution in [-0.2, 0) is 12.4 Å². The first kappa shape index (κ1) is 26.9. The number of nitrogens with zero attached hydrogens (tertiary/aromatic N) is 1. The van der Waals surface area contributed by atoms with Crippen LogP contribution in [0.25, 0.3) is 0 Å². The monoisotopic (exact) mass is 537 g/mol. The second-order valence-electron chi connectivity index (χ2n) is 8.88. The number of hydrogen-bond donors (Lipinski definition) is 2. The van der Waals surface area contributed by atoms with E-state index >= 15 is 0 Å². The van der Waals surface area contributed by atoms with Gasteiger partial charge in [-0.2, -0.15) is 26.3 Å². The molecule has 1 fully saturated rings. The molecule has 1 heterocycles. The van der Waals surface area contributed by atoms with Crippen LogP contribution in [0.3, 0.4) is 0 Å². The van der Waals surface area contributed by atoms with Crippen LogP contribution in [0.15, 0.2) is 78.9 Å². The van der Waals surface area contributed by atoms with Gasteiger partial charge in [0.1, 0.15) is 0 Å². The lowest BCUT2D eigenvalue weighted by molar-refractivity contribution is -0.143. The van der Waals surface area contributed by atoms with Crippen molar-refractivity contribution in [3.63, 3.8) is 0 Å². The number of halogens is 6.